The SMILES string of the molecule is CNC(=O)COC(=O)c1cc2cc(N)ccc2o1. The van der Waals surface area contributed by atoms with Crippen molar-refractivity contribution in [2.45, 2.75) is 0 Å². The standard InChI is InChI=1S/C12H12N2O4/c1-14-11(15)6-17-12(16)10-5-7-4-8(13)2-3-9(7)18-10/h2-5H,6,13H2,1H3,(H,14,15). The summed E-state index contributed by atoms with van der Waals surface area (Å²) in [4.78, 5) is 22.5. The molecule has 3 N–H and O–H groups in total. The van der Waals surface area contributed by atoms with E-state index in [1.54, 1.807) is 18.2 Å². The first-order valence-electron chi connectivity index (χ1n) is 5.27. The Balaban J connectivity index is 2.15. The summed E-state index contributed by atoms with van der Waals surface area (Å²) in [5.41, 5.74) is 6.73. The highest BCUT2D eigenvalue weighted by molar-refractivity contribution is 5.94. The second-order valence-electron chi connectivity index (χ2n) is 3.66. The van der Waals surface area contributed by atoms with Crippen LogP contribution in [0.15, 0.2) is 28.7 Å². The minimum Gasteiger partial charge on any atom is -0.450 e. The molecule has 6 heteroatoms. The van der Waals surface area contributed by atoms with Gasteiger partial charge in [0.2, 0.25) is 5.76 Å². The van der Waals surface area contributed by atoms with Crippen LogP contribution in [0.4, 0.5) is 5.69 Å². The Labute approximate surface area is 103 Å². The first-order valence-corrected chi connectivity index (χ1v) is 5.27. The van der Waals surface area contributed by atoms with Crippen molar-refractivity contribution < 1.29 is 18.7 Å². The Morgan fingerprint density at radius 3 is 2.89 bits per heavy atom. The molecule has 0 bridgehead atoms. The molecule has 2 aromatic rings. The summed E-state index contributed by atoms with van der Waals surface area (Å²) in [5.74, 6) is -1.03. The lowest BCUT2D eigenvalue weighted by molar-refractivity contribution is -0.123. The Hall–Kier alpha value is -2.50. The Morgan fingerprint density at radius 1 is 1.39 bits per heavy atom. The van der Waals surface area contributed by atoms with E-state index in [0.29, 0.717) is 16.7 Å². The van der Waals surface area contributed by atoms with Crippen molar-refractivity contribution in [3.63, 3.8) is 0 Å². The summed E-state index contributed by atoms with van der Waals surface area (Å²) < 4.78 is 10.1. The van der Waals surface area contributed by atoms with E-state index in [-0.39, 0.29) is 18.3 Å². The minimum atomic E-state index is -0.687. The number of nitrogen functional groups attached to an aromatic ring is 1. The Morgan fingerprint density at radius 2 is 2.17 bits per heavy atom. The number of furan rings is 1. The molecule has 0 aliphatic carbocycles. The second kappa shape index (κ2) is 4.79. The van der Waals surface area contributed by atoms with Crippen LogP contribution in [0.3, 0.4) is 0 Å². The highest BCUT2D eigenvalue weighted by Gasteiger charge is 2.15. The van der Waals surface area contributed by atoms with Crippen molar-refractivity contribution in [2.24, 2.45) is 0 Å². The van der Waals surface area contributed by atoms with Crippen LogP contribution in [0, 0.1) is 0 Å². The van der Waals surface area contributed by atoms with Crippen molar-refractivity contribution in [1.82, 2.24) is 5.32 Å². The normalized spacial score (nSPS) is 10.3. The fraction of sp³-hybridized carbons (Fsp3) is 0.167. The van der Waals surface area contributed by atoms with E-state index in [0.717, 1.165) is 0 Å². The summed E-state index contributed by atoms with van der Waals surface area (Å²) in [6.45, 7) is -0.339. The zero-order chi connectivity index (χ0) is 13.1. The largest absolute Gasteiger partial charge is 0.450 e. The number of esters is 1. The molecule has 0 aliphatic rings. The van der Waals surface area contributed by atoms with Crippen molar-refractivity contribution in [3.05, 3.63) is 30.0 Å². The number of nitrogens with one attached hydrogen (secondary N) is 1. The van der Waals surface area contributed by atoms with Gasteiger partial charge in [-0.25, -0.2) is 4.79 Å². The summed E-state index contributed by atoms with van der Waals surface area (Å²) in [6.07, 6.45) is 0. The molecule has 1 amide bonds. The van der Waals surface area contributed by atoms with Crippen LogP contribution in [-0.4, -0.2) is 25.5 Å². The third-order valence-corrected chi connectivity index (χ3v) is 2.35. The number of likely N-dealkylation sites (N-methyl/N-ethyl adjacent to an activating group) is 1. The number of rotatable bonds is 3. The van der Waals surface area contributed by atoms with Crippen LogP contribution >= 0.6 is 0 Å². The van der Waals surface area contributed by atoms with Crippen molar-refractivity contribution in [2.75, 3.05) is 19.4 Å². The molecule has 0 unspecified atom stereocenters. The quantitative estimate of drug-likeness (QED) is 0.622. The maximum Gasteiger partial charge on any atom is 0.374 e. The molecule has 0 fully saturated rings. The summed E-state index contributed by atoms with van der Waals surface area (Å²) in [5, 5.41) is 3.05. The van der Waals surface area contributed by atoms with Gasteiger partial charge in [-0.1, -0.05) is 0 Å². The number of carbonyl (C=O) groups excluding carboxylic acids is 2. The van der Waals surface area contributed by atoms with Crippen molar-refractivity contribution in [1.29, 1.82) is 0 Å². The number of hydrogen-bond donors (Lipinski definition) is 2. The molecule has 1 aromatic carbocycles. The lowest BCUT2D eigenvalue weighted by Crippen LogP contribution is -2.24. The van der Waals surface area contributed by atoms with Crippen LogP contribution in [0.2, 0.25) is 0 Å². The molecule has 0 radical (unpaired) electrons. The van der Waals surface area contributed by atoms with E-state index < -0.39 is 5.97 Å². The molecule has 6 nitrogen and oxygen atoms in total. The van der Waals surface area contributed by atoms with Crippen LogP contribution in [-0.2, 0) is 9.53 Å². The van der Waals surface area contributed by atoms with Gasteiger partial charge in [0, 0.05) is 18.1 Å². The van der Waals surface area contributed by atoms with Gasteiger partial charge in [0.25, 0.3) is 5.91 Å². The summed E-state index contributed by atoms with van der Waals surface area (Å²) in [6, 6.07) is 6.55. The first-order chi connectivity index (χ1) is 8.60. The molecule has 94 valence electrons. The fourth-order valence-corrected chi connectivity index (χ4v) is 1.44. The maximum atomic E-state index is 11.6. The first kappa shape index (κ1) is 12.0. The van der Waals surface area contributed by atoms with Gasteiger partial charge in [-0.15, -0.1) is 0 Å². The van der Waals surface area contributed by atoms with Gasteiger partial charge in [-0.2, -0.15) is 0 Å². The number of carbonyl (C=O) groups is 2. The van der Waals surface area contributed by atoms with Crippen LogP contribution in [0.1, 0.15) is 10.6 Å². The molecular formula is C12H12N2O4. The van der Waals surface area contributed by atoms with Gasteiger partial charge < -0.3 is 20.2 Å². The molecule has 2 rings (SSSR count). The number of ether oxygens (including phenoxy) is 1. The van der Waals surface area contributed by atoms with Gasteiger partial charge in [0.15, 0.2) is 6.61 Å². The predicted molar refractivity (Wildman–Crippen MR) is 65.0 cm³/mol. The molecule has 0 saturated heterocycles. The van der Waals surface area contributed by atoms with Gasteiger partial charge in [-0.3, -0.25) is 4.79 Å². The van der Waals surface area contributed by atoms with Crippen molar-refractivity contribution in [3.8, 4) is 0 Å². The molecule has 1 aromatic heterocycles. The Bertz CT molecular complexity index is 603. The summed E-state index contributed by atoms with van der Waals surface area (Å²) >= 11 is 0. The van der Waals surface area contributed by atoms with E-state index in [2.05, 4.69) is 5.32 Å². The topological polar surface area (TPSA) is 94.6 Å². The monoisotopic (exact) mass is 248 g/mol. The van der Waals surface area contributed by atoms with Gasteiger partial charge in [0.05, 0.1) is 0 Å². The number of fused-ring (bicyclic) bond motifs is 1. The van der Waals surface area contributed by atoms with Crippen LogP contribution in [0.25, 0.3) is 11.0 Å². The second-order valence-corrected chi connectivity index (χ2v) is 3.66. The molecule has 0 atom stereocenters. The molecule has 18 heavy (non-hydrogen) atoms. The fourth-order valence-electron chi connectivity index (χ4n) is 1.44. The number of nitrogens with two attached hydrogens (primary N) is 1. The van der Waals surface area contributed by atoms with E-state index in [9.17, 15) is 9.59 Å². The molecule has 0 spiro atoms. The average Bonchev–Trinajstić information content (AvgIpc) is 2.78. The maximum absolute atomic E-state index is 11.6. The van der Waals surface area contributed by atoms with Crippen molar-refractivity contribution >= 4 is 28.5 Å². The van der Waals surface area contributed by atoms with E-state index in [1.807, 2.05) is 0 Å². The number of benzene rings is 1. The number of amides is 1. The molecular weight excluding hydrogens is 236 g/mol. The zero-order valence-electron chi connectivity index (χ0n) is 9.73. The number of anilines is 1. The van der Waals surface area contributed by atoms with E-state index in [1.165, 1.54) is 13.1 Å². The molecule has 0 saturated carbocycles. The van der Waals surface area contributed by atoms with Gasteiger partial charge in [-0.05, 0) is 24.3 Å². The summed E-state index contributed by atoms with van der Waals surface area (Å²) in [7, 11) is 1.46. The molecule has 0 aliphatic heterocycles. The zero-order valence-corrected chi connectivity index (χ0v) is 9.73. The minimum absolute atomic E-state index is 0.0412. The van der Waals surface area contributed by atoms with E-state index >= 15 is 0 Å². The highest BCUT2D eigenvalue weighted by Crippen LogP contribution is 2.22. The van der Waals surface area contributed by atoms with Crippen LogP contribution in [0.5, 0.6) is 0 Å². The van der Waals surface area contributed by atoms with Crippen LogP contribution < -0.4 is 11.1 Å². The lowest BCUT2D eigenvalue weighted by Gasteiger charge is -2.00. The highest BCUT2D eigenvalue weighted by atomic mass is 16.5. The smallest absolute Gasteiger partial charge is 0.374 e. The third-order valence-electron chi connectivity index (χ3n) is 2.35. The van der Waals surface area contributed by atoms with Gasteiger partial charge in [0.1, 0.15) is 5.58 Å². The Kier molecular flexibility index (Phi) is 3.18. The average molecular weight is 248 g/mol. The van der Waals surface area contributed by atoms with E-state index in [4.69, 9.17) is 14.9 Å². The lowest BCUT2D eigenvalue weighted by atomic mass is 10.2. The van der Waals surface area contributed by atoms with Gasteiger partial charge >= 0.3 is 5.97 Å². The predicted octanol–water partition coefficient (Wildman–Crippen LogP) is 0.918. The third kappa shape index (κ3) is 2.42. The number of hydrogen-bond acceptors (Lipinski definition) is 5. The molecule has 1 heterocycles.